The Hall–Kier alpha value is -1.08. The van der Waals surface area contributed by atoms with Gasteiger partial charge in [-0.05, 0) is 12.8 Å². The first-order chi connectivity index (χ1) is 6.91. The lowest BCUT2D eigenvalue weighted by atomic mass is 10.2. The quantitative estimate of drug-likeness (QED) is 0.752. The van der Waals surface area contributed by atoms with Crippen molar-refractivity contribution < 1.29 is 13.2 Å². The fraction of sp³-hybridized carbons (Fsp3) is 0.429. The average molecular weight is 250 g/mol. The normalized spacial score (nSPS) is 16.6. The van der Waals surface area contributed by atoms with E-state index in [2.05, 4.69) is 10.2 Å². The minimum Gasteiger partial charge on any atom is -0.364 e. The van der Waals surface area contributed by atoms with Crippen LogP contribution in [0.4, 0.5) is 0 Å². The van der Waals surface area contributed by atoms with E-state index >= 15 is 0 Å². The highest BCUT2D eigenvalue weighted by Gasteiger charge is 2.35. The Morgan fingerprint density at radius 1 is 1.53 bits per heavy atom. The molecule has 15 heavy (non-hydrogen) atoms. The molecule has 1 amide bonds. The van der Waals surface area contributed by atoms with Gasteiger partial charge in [-0.25, -0.2) is 8.42 Å². The lowest BCUT2D eigenvalue weighted by Gasteiger charge is -1.97. The SMILES string of the molecule is NC(=O)c1n[nH]c(C2CC2)c1S(=O)(=O)Cl. The maximum Gasteiger partial charge on any atom is 0.270 e. The Balaban J connectivity index is 2.64. The van der Waals surface area contributed by atoms with Crippen LogP contribution in [0.5, 0.6) is 0 Å². The van der Waals surface area contributed by atoms with E-state index < -0.39 is 15.0 Å². The summed E-state index contributed by atoms with van der Waals surface area (Å²) in [7, 11) is 1.24. The summed E-state index contributed by atoms with van der Waals surface area (Å²) >= 11 is 0. The Kier molecular flexibility index (Phi) is 2.23. The fourth-order valence-corrected chi connectivity index (χ4v) is 2.73. The molecule has 1 aromatic rings. The highest BCUT2D eigenvalue weighted by Crippen LogP contribution is 2.43. The Labute approximate surface area is 90.2 Å². The second-order valence-electron chi connectivity index (χ2n) is 3.39. The number of hydrogen-bond acceptors (Lipinski definition) is 4. The summed E-state index contributed by atoms with van der Waals surface area (Å²) in [5.74, 6) is -0.813. The van der Waals surface area contributed by atoms with E-state index in [-0.39, 0.29) is 16.5 Å². The first kappa shape index (κ1) is 10.4. The molecule has 0 bridgehead atoms. The highest BCUT2D eigenvalue weighted by atomic mass is 35.7. The van der Waals surface area contributed by atoms with Crippen molar-refractivity contribution >= 4 is 25.6 Å². The number of nitrogens with one attached hydrogen (secondary N) is 1. The number of aromatic nitrogens is 2. The van der Waals surface area contributed by atoms with Crippen molar-refractivity contribution in [3.8, 4) is 0 Å². The van der Waals surface area contributed by atoms with E-state index in [4.69, 9.17) is 16.4 Å². The number of aromatic amines is 1. The molecular weight excluding hydrogens is 242 g/mol. The first-order valence-electron chi connectivity index (χ1n) is 4.24. The zero-order valence-electron chi connectivity index (χ0n) is 7.53. The Morgan fingerprint density at radius 3 is 2.53 bits per heavy atom. The van der Waals surface area contributed by atoms with Gasteiger partial charge in [-0.15, -0.1) is 0 Å². The van der Waals surface area contributed by atoms with Gasteiger partial charge >= 0.3 is 0 Å². The van der Waals surface area contributed by atoms with Gasteiger partial charge in [-0.2, -0.15) is 5.10 Å². The van der Waals surface area contributed by atoms with Crippen molar-refractivity contribution in [3.63, 3.8) is 0 Å². The largest absolute Gasteiger partial charge is 0.364 e. The topological polar surface area (TPSA) is 106 Å². The smallest absolute Gasteiger partial charge is 0.270 e. The molecule has 0 aromatic carbocycles. The molecule has 82 valence electrons. The van der Waals surface area contributed by atoms with Crippen LogP contribution in [0, 0.1) is 0 Å². The highest BCUT2D eigenvalue weighted by molar-refractivity contribution is 8.13. The molecule has 0 atom stereocenters. The fourth-order valence-electron chi connectivity index (χ4n) is 1.41. The predicted molar refractivity (Wildman–Crippen MR) is 52.1 cm³/mol. The van der Waals surface area contributed by atoms with E-state index in [9.17, 15) is 13.2 Å². The van der Waals surface area contributed by atoms with Gasteiger partial charge in [0, 0.05) is 16.6 Å². The van der Waals surface area contributed by atoms with Gasteiger partial charge in [0.15, 0.2) is 5.69 Å². The molecule has 1 aliphatic carbocycles. The van der Waals surface area contributed by atoms with Crippen molar-refractivity contribution in [2.24, 2.45) is 5.73 Å². The summed E-state index contributed by atoms with van der Waals surface area (Å²) in [6.07, 6.45) is 1.72. The average Bonchev–Trinajstić information content (AvgIpc) is 2.81. The van der Waals surface area contributed by atoms with E-state index in [1.807, 2.05) is 0 Å². The number of hydrogen-bond donors (Lipinski definition) is 2. The van der Waals surface area contributed by atoms with Crippen LogP contribution in [0.2, 0.25) is 0 Å². The molecule has 2 rings (SSSR count). The molecule has 1 saturated carbocycles. The standard InChI is InChI=1S/C7H8ClN3O3S/c8-15(13,14)6-4(3-1-2-3)10-11-5(6)7(9)12/h3H,1-2H2,(H2,9,12)(H,10,11). The van der Waals surface area contributed by atoms with Crippen molar-refractivity contribution in [1.82, 2.24) is 10.2 Å². The molecule has 1 aliphatic rings. The van der Waals surface area contributed by atoms with E-state index in [1.165, 1.54) is 0 Å². The number of carbonyl (C=O) groups excluding carboxylic acids is 1. The number of carbonyl (C=O) groups is 1. The van der Waals surface area contributed by atoms with E-state index in [1.54, 1.807) is 0 Å². The number of nitrogens with zero attached hydrogens (tertiary/aromatic N) is 1. The van der Waals surface area contributed by atoms with Crippen molar-refractivity contribution in [1.29, 1.82) is 0 Å². The second-order valence-corrected chi connectivity index (χ2v) is 5.89. The third kappa shape index (κ3) is 1.84. The Morgan fingerprint density at radius 2 is 2.13 bits per heavy atom. The molecule has 0 saturated heterocycles. The number of halogens is 1. The van der Waals surface area contributed by atoms with E-state index in [0.29, 0.717) is 5.69 Å². The molecule has 1 fully saturated rings. The van der Waals surface area contributed by atoms with Crippen molar-refractivity contribution in [2.45, 2.75) is 23.7 Å². The molecule has 1 heterocycles. The van der Waals surface area contributed by atoms with Crippen LogP contribution in [-0.4, -0.2) is 24.5 Å². The minimum atomic E-state index is -3.99. The molecule has 0 spiro atoms. The zero-order valence-corrected chi connectivity index (χ0v) is 9.10. The minimum absolute atomic E-state index is 0.0918. The summed E-state index contributed by atoms with van der Waals surface area (Å²) in [6, 6.07) is 0. The number of H-pyrrole nitrogens is 1. The summed E-state index contributed by atoms with van der Waals surface area (Å²) in [4.78, 5) is 10.7. The van der Waals surface area contributed by atoms with Gasteiger partial charge in [-0.3, -0.25) is 9.89 Å². The summed E-state index contributed by atoms with van der Waals surface area (Å²) < 4.78 is 22.5. The van der Waals surface area contributed by atoms with Crippen LogP contribution in [-0.2, 0) is 9.05 Å². The molecule has 6 nitrogen and oxygen atoms in total. The van der Waals surface area contributed by atoms with Crippen LogP contribution < -0.4 is 5.73 Å². The first-order valence-corrected chi connectivity index (χ1v) is 6.55. The molecule has 0 unspecified atom stereocenters. The Bertz CT molecular complexity index is 518. The maximum atomic E-state index is 11.3. The number of primary amides is 1. The van der Waals surface area contributed by atoms with Crippen LogP contribution in [0.15, 0.2) is 4.90 Å². The van der Waals surface area contributed by atoms with Crippen LogP contribution in [0.1, 0.15) is 34.9 Å². The predicted octanol–water partition coefficient (Wildman–Crippen LogP) is 0.313. The number of nitrogens with two attached hydrogens (primary N) is 1. The second kappa shape index (κ2) is 3.21. The summed E-state index contributed by atoms with van der Waals surface area (Å²) in [5, 5.41) is 6.09. The summed E-state index contributed by atoms with van der Waals surface area (Å²) in [6.45, 7) is 0. The van der Waals surface area contributed by atoms with E-state index in [0.717, 1.165) is 12.8 Å². The molecule has 8 heteroatoms. The van der Waals surface area contributed by atoms with Gasteiger partial charge in [0.25, 0.3) is 15.0 Å². The molecular formula is C7H8ClN3O3S. The van der Waals surface area contributed by atoms with Crippen molar-refractivity contribution in [3.05, 3.63) is 11.4 Å². The van der Waals surface area contributed by atoms with Gasteiger partial charge in [0.1, 0.15) is 4.90 Å². The molecule has 0 radical (unpaired) electrons. The van der Waals surface area contributed by atoms with Gasteiger partial charge in [0.05, 0.1) is 5.69 Å². The van der Waals surface area contributed by atoms with Crippen LogP contribution in [0.3, 0.4) is 0 Å². The zero-order chi connectivity index (χ0) is 11.2. The van der Waals surface area contributed by atoms with Crippen molar-refractivity contribution in [2.75, 3.05) is 0 Å². The maximum absolute atomic E-state index is 11.3. The third-order valence-corrected chi connectivity index (χ3v) is 3.57. The third-order valence-electron chi connectivity index (χ3n) is 2.21. The van der Waals surface area contributed by atoms with Crippen LogP contribution >= 0.6 is 10.7 Å². The molecule has 1 aromatic heterocycles. The lowest BCUT2D eigenvalue weighted by molar-refractivity contribution is 0.0992. The molecule has 3 N–H and O–H groups in total. The number of rotatable bonds is 3. The van der Waals surface area contributed by atoms with Gasteiger partial charge < -0.3 is 5.73 Å². The van der Waals surface area contributed by atoms with Gasteiger partial charge in [-0.1, -0.05) is 0 Å². The summed E-state index contributed by atoms with van der Waals surface area (Å²) in [5.41, 5.74) is 5.08. The molecule has 0 aliphatic heterocycles. The van der Waals surface area contributed by atoms with Crippen LogP contribution in [0.25, 0.3) is 0 Å². The van der Waals surface area contributed by atoms with Gasteiger partial charge in [0.2, 0.25) is 0 Å². The lowest BCUT2D eigenvalue weighted by Crippen LogP contribution is -2.14. The number of amides is 1. The monoisotopic (exact) mass is 249 g/mol.